The van der Waals surface area contributed by atoms with Crippen LogP contribution in [0.2, 0.25) is 0 Å². The minimum absolute atomic E-state index is 0.00612. The van der Waals surface area contributed by atoms with Crippen LogP contribution in [-0.4, -0.2) is 10.0 Å². The van der Waals surface area contributed by atoms with Crippen molar-refractivity contribution in [3.8, 4) is 5.75 Å². The van der Waals surface area contributed by atoms with E-state index in [0.717, 1.165) is 10.8 Å². The zero-order valence-electron chi connectivity index (χ0n) is 12.0. The quantitative estimate of drug-likeness (QED) is 0.284. The SMILES string of the molecule is O=[N+]([O-])c1cc(Br)c(N=Nc2c(O)ccc3ccccc23)c(Br)c1. The molecule has 0 fully saturated rings. The van der Waals surface area contributed by atoms with E-state index in [4.69, 9.17) is 0 Å². The van der Waals surface area contributed by atoms with Gasteiger partial charge in [-0.05, 0) is 43.3 Å². The van der Waals surface area contributed by atoms with Crippen molar-refractivity contribution in [2.75, 3.05) is 0 Å². The molecule has 0 bridgehead atoms. The average molecular weight is 451 g/mol. The second-order valence-corrected chi connectivity index (χ2v) is 6.58. The predicted octanol–water partition coefficient (Wildman–Crippen LogP) is 6.39. The maximum atomic E-state index is 10.9. The third kappa shape index (κ3) is 3.15. The topological polar surface area (TPSA) is 88.1 Å². The smallest absolute Gasteiger partial charge is 0.271 e. The van der Waals surface area contributed by atoms with Gasteiger partial charge in [0.1, 0.15) is 17.1 Å². The Kier molecular flexibility index (Phi) is 4.59. The number of aromatic hydroxyl groups is 1. The third-order valence-electron chi connectivity index (χ3n) is 3.34. The zero-order chi connectivity index (χ0) is 17.3. The van der Waals surface area contributed by atoms with Crippen LogP contribution in [0.3, 0.4) is 0 Å². The molecule has 3 aromatic rings. The lowest BCUT2D eigenvalue weighted by atomic mass is 10.1. The summed E-state index contributed by atoms with van der Waals surface area (Å²) in [6, 6.07) is 13.5. The number of phenolic OH excluding ortho intramolecular Hbond substituents is 1. The van der Waals surface area contributed by atoms with E-state index in [-0.39, 0.29) is 11.4 Å². The molecule has 0 heterocycles. The molecule has 1 N–H and O–H groups in total. The number of fused-ring (bicyclic) bond motifs is 1. The van der Waals surface area contributed by atoms with Gasteiger partial charge in [0.05, 0.1) is 13.9 Å². The Morgan fingerprint density at radius 2 is 1.58 bits per heavy atom. The Hall–Kier alpha value is -2.32. The van der Waals surface area contributed by atoms with Gasteiger partial charge in [0.25, 0.3) is 5.69 Å². The number of hydrogen-bond acceptors (Lipinski definition) is 5. The van der Waals surface area contributed by atoms with Crippen molar-refractivity contribution in [3.05, 3.63) is 67.6 Å². The van der Waals surface area contributed by atoms with E-state index in [2.05, 4.69) is 42.1 Å². The van der Waals surface area contributed by atoms with Crippen LogP contribution in [0.5, 0.6) is 5.75 Å². The molecule has 0 spiro atoms. The van der Waals surface area contributed by atoms with Crippen molar-refractivity contribution in [1.29, 1.82) is 0 Å². The van der Waals surface area contributed by atoms with Gasteiger partial charge in [-0.15, -0.1) is 10.2 Å². The van der Waals surface area contributed by atoms with Gasteiger partial charge in [-0.2, -0.15) is 0 Å². The molecule has 0 amide bonds. The van der Waals surface area contributed by atoms with Gasteiger partial charge in [0.2, 0.25) is 0 Å². The molecule has 3 rings (SSSR count). The molecule has 0 saturated heterocycles. The molecule has 3 aromatic carbocycles. The van der Waals surface area contributed by atoms with E-state index < -0.39 is 4.92 Å². The van der Waals surface area contributed by atoms with Gasteiger partial charge in [0.15, 0.2) is 0 Å². The molecule has 0 aliphatic rings. The Morgan fingerprint density at radius 1 is 0.958 bits per heavy atom. The summed E-state index contributed by atoms with van der Waals surface area (Å²) >= 11 is 6.51. The fourth-order valence-corrected chi connectivity index (χ4v) is 3.52. The van der Waals surface area contributed by atoms with Crippen molar-refractivity contribution in [1.82, 2.24) is 0 Å². The van der Waals surface area contributed by atoms with Crippen LogP contribution in [-0.2, 0) is 0 Å². The first-order chi connectivity index (χ1) is 11.5. The fourth-order valence-electron chi connectivity index (χ4n) is 2.20. The van der Waals surface area contributed by atoms with Crippen molar-refractivity contribution in [2.45, 2.75) is 0 Å². The van der Waals surface area contributed by atoms with E-state index in [0.29, 0.717) is 20.3 Å². The summed E-state index contributed by atoms with van der Waals surface area (Å²) in [5.74, 6) is 0.00612. The number of halogens is 2. The Bertz CT molecular complexity index is 966. The van der Waals surface area contributed by atoms with Crippen LogP contribution in [0.15, 0.2) is 67.7 Å². The number of benzene rings is 3. The zero-order valence-corrected chi connectivity index (χ0v) is 15.2. The minimum Gasteiger partial charge on any atom is -0.506 e. The number of nitro benzene ring substituents is 1. The number of phenols is 1. The molecule has 0 aromatic heterocycles. The van der Waals surface area contributed by atoms with Crippen molar-refractivity contribution >= 4 is 59.7 Å². The highest BCUT2D eigenvalue weighted by Crippen LogP contribution is 2.40. The highest BCUT2D eigenvalue weighted by molar-refractivity contribution is 9.11. The minimum atomic E-state index is -0.493. The maximum absolute atomic E-state index is 10.9. The number of nitrogens with zero attached hydrogens (tertiary/aromatic N) is 3. The van der Waals surface area contributed by atoms with E-state index in [1.54, 1.807) is 12.1 Å². The van der Waals surface area contributed by atoms with Gasteiger partial charge < -0.3 is 5.11 Å². The molecule has 8 heteroatoms. The monoisotopic (exact) mass is 449 g/mol. The molecule has 0 aliphatic carbocycles. The normalized spacial score (nSPS) is 11.2. The largest absolute Gasteiger partial charge is 0.506 e. The van der Waals surface area contributed by atoms with Gasteiger partial charge in [0, 0.05) is 17.5 Å². The van der Waals surface area contributed by atoms with Crippen LogP contribution >= 0.6 is 31.9 Å². The summed E-state index contributed by atoms with van der Waals surface area (Å²) in [6.45, 7) is 0. The van der Waals surface area contributed by atoms with Gasteiger partial charge in [-0.3, -0.25) is 10.1 Å². The second kappa shape index (κ2) is 6.66. The lowest BCUT2D eigenvalue weighted by molar-refractivity contribution is -0.385. The van der Waals surface area contributed by atoms with Crippen LogP contribution in [0, 0.1) is 10.1 Å². The average Bonchev–Trinajstić information content (AvgIpc) is 2.55. The number of nitro groups is 1. The van der Waals surface area contributed by atoms with E-state index in [9.17, 15) is 15.2 Å². The lowest BCUT2D eigenvalue weighted by Gasteiger charge is -2.05. The summed E-state index contributed by atoms with van der Waals surface area (Å²) in [4.78, 5) is 10.4. The Balaban J connectivity index is 2.10. The van der Waals surface area contributed by atoms with Crippen LogP contribution in [0.25, 0.3) is 10.8 Å². The molecule has 0 saturated carbocycles. The Labute approximate surface area is 153 Å². The summed E-state index contributed by atoms with van der Waals surface area (Å²) in [5.41, 5.74) is 0.666. The molecule has 0 atom stereocenters. The molecule has 0 radical (unpaired) electrons. The van der Waals surface area contributed by atoms with E-state index in [1.807, 2.05) is 24.3 Å². The van der Waals surface area contributed by atoms with Crippen molar-refractivity contribution in [2.24, 2.45) is 10.2 Å². The summed E-state index contributed by atoms with van der Waals surface area (Å²) < 4.78 is 0.846. The molecular weight excluding hydrogens is 442 g/mol. The van der Waals surface area contributed by atoms with E-state index in [1.165, 1.54) is 12.1 Å². The predicted molar refractivity (Wildman–Crippen MR) is 98.3 cm³/mol. The van der Waals surface area contributed by atoms with Crippen LogP contribution in [0.1, 0.15) is 0 Å². The fraction of sp³-hybridized carbons (Fsp3) is 0. The number of hydrogen-bond donors (Lipinski definition) is 1. The summed E-state index contributed by atoms with van der Waals surface area (Å²) in [5, 5.41) is 30.9. The Morgan fingerprint density at radius 3 is 2.25 bits per heavy atom. The first kappa shape index (κ1) is 16.5. The maximum Gasteiger partial charge on any atom is 0.271 e. The van der Waals surface area contributed by atoms with Gasteiger partial charge in [-0.25, -0.2) is 0 Å². The first-order valence-corrected chi connectivity index (χ1v) is 8.32. The molecular formula is C16H9Br2N3O3. The molecule has 0 aliphatic heterocycles. The van der Waals surface area contributed by atoms with Crippen molar-refractivity contribution < 1.29 is 10.0 Å². The summed E-state index contributed by atoms with van der Waals surface area (Å²) in [6.07, 6.45) is 0. The first-order valence-electron chi connectivity index (χ1n) is 6.73. The molecule has 120 valence electrons. The highest BCUT2D eigenvalue weighted by atomic mass is 79.9. The third-order valence-corrected chi connectivity index (χ3v) is 4.55. The second-order valence-electron chi connectivity index (χ2n) is 4.87. The number of rotatable bonds is 3. The number of azo groups is 1. The lowest BCUT2D eigenvalue weighted by Crippen LogP contribution is -1.88. The highest BCUT2D eigenvalue weighted by Gasteiger charge is 2.14. The van der Waals surface area contributed by atoms with Gasteiger partial charge >= 0.3 is 0 Å². The summed E-state index contributed by atoms with van der Waals surface area (Å²) in [7, 11) is 0. The standard InChI is InChI=1S/C16H9Br2N3O3/c17-12-7-10(21(23)24)8-13(18)16(12)20-19-15-11-4-2-1-3-9(11)5-6-14(15)22/h1-8,22H. The van der Waals surface area contributed by atoms with Crippen LogP contribution in [0.4, 0.5) is 17.1 Å². The van der Waals surface area contributed by atoms with Crippen LogP contribution < -0.4 is 0 Å². The van der Waals surface area contributed by atoms with E-state index >= 15 is 0 Å². The molecule has 24 heavy (non-hydrogen) atoms. The molecule has 0 unspecified atom stereocenters. The number of non-ortho nitro benzene ring substituents is 1. The molecule has 6 nitrogen and oxygen atoms in total. The van der Waals surface area contributed by atoms with Gasteiger partial charge in [-0.1, -0.05) is 30.3 Å². The van der Waals surface area contributed by atoms with Crippen molar-refractivity contribution in [3.63, 3.8) is 0 Å².